The number of ether oxygens (including phenoxy) is 1. The van der Waals surface area contributed by atoms with Gasteiger partial charge in [-0.3, -0.25) is 9.59 Å². The average Bonchev–Trinajstić information content (AvgIpc) is 2.87. The highest BCUT2D eigenvalue weighted by Crippen LogP contribution is 2.29. The first-order chi connectivity index (χ1) is 17.7. The Morgan fingerprint density at radius 2 is 1.62 bits per heavy atom. The Kier molecular flexibility index (Phi) is 8.27. The third-order valence-electron chi connectivity index (χ3n) is 6.19. The molecule has 0 atom stereocenters. The number of aryl methyl sites for hydroxylation is 1. The average molecular weight is 528 g/mol. The lowest BCUT2D eigenvalue weighted by Crippen LogP contribution is -2.43. The maximum Gasteiger partial charge on any atom is 0.257 e. The van der Waals surface area contributed by atoms with E-state index in [0.29, 0.717) is 30.6 Å². The first kappa shape index (κ1) is 26.4. The van der Waals surface area contributed by atoms with E-state index in [1.165, 1.54) is 30.0 Å². The Bertz CT molecular complexity index is 1310. The molecule has 0 aliphatic heterocycles. The lowest BCUT2D eigenvalue weighted by atomic mass is 9.90. The van der Waals surface area contributed by atoms with Gasteiger partial charge in [-0.15, -0.1) is 11.8 Å². The summed E-state index contributed by atoms with van der Waals surface area (Å²) in [6, 6.07) is 9.81. The number of thioether (sulfide) groups is 1. The van der Waals surface area contributed by atoms with E-state index in [0.717, 1.165) is 17.8 Å². The number of aromatic hydroxyl groups is 1. The van der Waals surface area contributed by atoms with Gasteiger partial charge in [-0.1, -0.05) is 6.07 Å². The number of nitrogens with zero attached hydrogens (tertiary/aromatic N) is 1. The number of aromatic nitrogens is 1. The normalized spacial score (nSPS) is 17.2. The van der Waals surface area contributed by atoms with Crippen molar-refractivity contribution < 1.29 is 28.2 Å². The zero-order chi connectivity index (χ0) is 26.5. The van der Waals surface area contributed by atoms with E-state index >= 15 is 0 Å². The topological polar surface area (TPSA) is 101 Å². The molecule has 2 aromatic carbocycles. The van der Waals surface area contributed by atoms with Crippen molar-refractivity contribution in [3.05, 3.63) is 77.0 Å². The number of phenols is 1. The van der Waals surface area contributed by atoms with Crippen LogP contribution in [0.4, 0.5) is 8.78 Å². The molecule has 3 N–H and O–H groups in total. The number of carbonyl (C=O) groups excluding carboxylic acids is 2. The summed E-state index contributed by atoms with van der Waals surface area (Å²) in [5.74, 6) is -1.84. The molecule has 7 nitrogen and oxygen atoms in total. The van der Waals surface area contributed by atoms with Crippen LogP contribution in [-0.4, -0.2) is 40.2 Å². The molecule has 1 aliphatic carbocycles. The van der Waals surface area contributed by atoms with Crippen molar-refractivity contribution >= 4 is 23.6 Å². The third-order valence-corrected chi connectivity index (χ3v) is 6.95. The second-order valence-corrected chi connectivity index (χ2v) is 9.77. The summed E-state index contributed by atoms with van der Waals surface area (Å²) in [7, 11) is 0. The minimum Gasteiger partial charge on any atom is -0.507 e. The molecule has 1 fully saturated rings. The van der Waals surface area contributed by atoms with E-state index in [9.17, 15) is 23.5 Å². The number of benzene rings is 2. The summed E-state index contributed by atoms with van der Waals surface area (Å²) in [4.78, 5) is 29.8. The van der Waals surface area contributed by atoms with E-state index in [1.54, 1.807) is 24.5 Å². The van der Waals surface area contributed by atoms with Crippen LogP contribution < -0.4 is 15.4 Å². The molecule has 0 bridgehead atoms. The SMILES string of the molecule is CSc1cc(Oc2ncc(F)cc2C(=O)NC2CCC(NC(=O)c3ccc(C)cc3O)CC2)ccc1F. The second kappa shape index (κ2) is 11.6. The highest BCUT2D eigenvalue weighted by molar-refractivity contribution is 7.98. The monoisotopic (exact) mass is 527 g/mol. The second-order valence-electron chi connectivity index (χ2n) is 8.92. The summed E-state index contributed by atoms with van der Waals surface area (Å²) >= 11 is 1.21. The molecule has 0 spiro atoms. The van der Waals surface area contributed by atoms with E-state index in [4.69, 9.17) is 4.74 Å². The molecule has 3 aromatic rings. The van der Waals surface area contributed by atoms with E-state index in [1.807, 2.05) is 6.92 Å². The highest BCUT2D eigenvalue weighted by atomic mass is 32.2. The summed E-state index contributed by atoms with van der Waals surface area (Å²) in [6.07, 6.45) is 5.13. The van der Waals surface area contributed by atoms with Crippen LogP contribution in [0.1, 0.15) is 52.0 Å². The number of hydrogen-bond donors (Lipinski definition) is 3. The minimum atomic E-state index is -0.688. The van der Waals surface area contributed by atoms with Crippen LogP contribution in [0.25, 0.3) is 0 Å². The van der Waals surface area contributed by atoms with Gasteiger partial charge in [0.05, 0.1) is 11.8 Å². The van der Waals surface area contributed by atoms with Gasteiger partial charge in [0.15, 0.2) is 0 Å². The molecular formula is C27H27F2N3O4S. The first-order valence-corrected chi connectivity index (χ1v) is 13.0. The summed E-state index contributed by atoms with van der Waals surface area (Å²) < 4.78 is 33.5. The van der Waals surface area contributed by atoms with Crippen molar-refractivity contribution in [3.63, 3.8) is 0 Å². The van der Waals surface area contributed by atoms with Gasteiger partial charge in [-0.05, 0) is 80.8 Å². The van der Waals surface area contributed by atoms with Crippen LogP contribution in [-0.2, 0) is 0 Å². The number of hydrogen-bond acceptors (Lipinski definition) is 6. The van der Waals surface area contributed by atoms with Gasteiger partial charge >= 0.3 is 0 Å². The van der Waals surface area contributed by atoms with Gasteiger partial charge in [0.25, 0.3) is 11.8 Å². The molecule has 2 amide bonds. The minimum absolute atomic E-state index is 0.0644. The smallest absolute Gasteiger partial charge is 0.257 e. The third kappa shape index (κ3) is 6.56. The molecule has 0 radical (unpaired) electrons. The maximum atomic E-state index is 14.0. The van der Waals surface area contributed by atoms with Gasteiger partial charge in [-0.2, -0.15) is 0 Å². The van der Waals surface area contributed by atoms with Crippen LogP contribution in [0.3, 0.4) is 0 Å². The zero-order valence-corrected chi connectivity index (χ0v) is 21.2. The molecule has 1 aliphatic rings. The van der Waals surface area contributed by atoms with Crippen LogP contribution in [0.5, 0.6) is 17.4 Å². The fraction of sp³-hybridized carbons (Fsp3) is 0.296. The van der Waals surface area contributed by atoms with Crippen molar-refractivity contribution in [2.24, 2.45) is 0 Å². The molecule has 1 aromatic heterocycles. The standard InChI is InChI=1S/C27H27F2N3O4S/c1-15-3-9-20(23(33)11-15)25(34)31-17-4-6-18(7-5-17)32-26(35)21-12-16(28)14-30-27(21)36-19-8-10-22(29)24(13-19)37-2/h3,8-14,17-18,33H,4-7H2,1-2H3,(H,31,34)(H,32,35). The van der Waals surface area contributed by atoms with Crippen molar-refractivity contribution in [1.29, 1.82) is 0 Å². The number of phenolic OH excluding ortho intramolecular Hbond substituents is 1. The molecule has 1 heterocycles. The lowest BCUT2D eigenvalue weighted by Gasteiger charge is -2.30. The molecule has 37 heavy (non-hydrogen) atoms. The number of nitrogens with one attached hydrogen (secondary N) is 2. The fourth-order valence-corrected chi connectivity index (χ4v) is 4.73. The van der Waals surface area contributed by atoms with Crippen molar-refractivity contribution in [2.45, 2.75) is 49.6 Å². The largest absolute Gasteiger partial charge is 0.507 e. The molecule has 194 valence electrons. The zero-order valence-electron chi connectivity index (χ0n) is 20.4. The highest BCUT2D eigenvalue weighted by Gasteiger charge is 2.26. The predicted molar refractivity (Wildman–Crippen MR) is 136 cm³/mol. The number of pyridine rings is 1. The maximum absolute atomic E-state index is 14.0. The van der Waals surface area contributed by atoms with Gasteiger partial charge < -0.3 is 20.5 Å². The predicted octanol–water partition coefficient (Wildman–Crippen LogP) is 5.36. The summed E-state index contributed by atoms with van der Waals surface area (Å²) in [6.45, 7) is 1.83. The quantitative estimate of drug-likeness (QED) is 0.358. The van der Waals surface area contributed by atoms with Crippen LogP contribution in [0.2, 0.25) is 0 Å². The molecule has 10 heteroatoms. The van der Waals surface area contributed by atoms with E-state index < -0.39 is 17.5 Å². The van der Waals surface area contributed by atoms with E-state index in [-0.39, 0.29) is 46.5 Å². The number of rotatable bonds is 7. The van der Waals surface area contributed by atoms with Crippen molar-refractivity contribution in [2.75, 3.05) is 6.26 Å². The number of carbonyl (C=O) groups is 2. The Labute approximate surface area is 217 Å². The summed E-state index contributed by atoms with van der Waals surface area (Å²) in [5, 5.41) is 15.9. The van der Waals surface area contributed by atoms with Crippen molar-refractivity contribution in [1.82, 2.24) is 15.6 Å². The molecule has 0 unspecified atom stereocenters. The number of halogens is 2. The number of amides is 2. The van der Waals surface area contributed by atoms with Crippen LogP contribution in [0, 0.1) is 18.6 Å². The van der Waals surface area contributed by atoms with Gasteiger partial charge in [0.2, 0.25) is 5.88 Å². The Hall–Kier alpha value is -3.66. The van der Waals surface area contributed by atoms with Crippen molar-refractivity contribution in [3.8, 4) is 17.4 Å². The van der Waals surface area contributed by atoms with E-state index in [2.05, 4.69) is 15.6 Å². The molecule has 1 saturated carbocycles. The van der Waals surface area contributed by atoms with Crippen LogP contribution in [0.15, 0.2) is 53.6 Å². The summed E-state index contributed by atoms with van der Waals surface area (Å²) in [5.41, 5.74) is 1.01. The molecular weight excluding hydrogens is 500 g/mol. The molecule has 0 saturated heterocycles. The Morgan fingerprint density at radius 3 is 2.24 bits per heavy atom. The van der Waals surface area contributed by atoms with Gasteiger partial charge in [0, 0.05) is 17.0 Å². The van der Waals surface area contributed by atoms with Crippen LogP contribution >= 0.6 is 11.8 Å². The fourth-order valence-electron chi connectivity index (χ4n) is 4.23. The molecule has 4 rings (SSSR count). The Balaban J connectivity index is 1.36. The first-order valence-electron chi connectivity index (χ1n) is 11.8. The lowest BCUT2D eigenvalue weighted by molar-refractivity contribution is 0.0888. The van der Waals surface area contributed by atoms with Gasteiger partial charge in [0.1, 0.15) is 28.7 Å². The Morgan fingerprint density at radius 1 is 0.973 bits per heavy atom. The van der Waals surface area contributed by atoms with Gasteiger partial charge in [-0.25, -0.2) is 13.8 Å².